The van der Waals surface area contributed by atoms with Gasteiger partial charge in [-0.2, -0.15) is 5.10 Å². The van der Waals surface area contributed by atoms with Gasteiger partial charge in [0, 0.05) is 13.0 Å². The molecule has 0 radical (unpaired) electrons. The minimum atomic E-state index is 0.532. The molecule has 6 nitrogen and oxygen atoms in total. The van der Waals surface area contributed by atoms with E-state index in [0.29, 0.717) is 5.11 Å². The molecule has 2 aromatic carbocycles. The fourth-order valence-electron chi connectivity index (χ4n) is 2.94. The zero-order valence-electron chi connectivity index (χ0n) is 15.9. The lowest BCUT2D eigenvalue weighted by atomic mass is 10.2. The summed E-state index contributed by atoms with van der Waals surface area (Å²) >= 11 is 5.26. The molecule has 2 aromatic rings. The Morgan fingerprint density at radius 1 is 1.11 bits per heavy atom. The van der Waals surface area contributed by atoms with Gasteiger partial charge < -0.3 is 19.7 Å². The molecular formula is C21H27N4O2S+. The molecule has 0 spiro atoms. The van der Waals surface area contributed by atoms with E-state index in [0.717, 1.165) is 62.9 Å². The van der Waals surface area contributed by atoms with Gasteiger partial charge in [-0.05, 0) is 42.0 Å². The second kappa shape index (κ2) is 11.4. The predicted octanol–water partition coefficient (Wildman–Crippen LogP) is 1.58. The quantitative estimate of drug-likeness (QED) is 0.272. The van der Waals surface area contributed by atoms with Crippen molar-refractivity contribution >= 4 is 23.5 Å². The number of hydrogen-bond donors (Lipinski definition) is 3. The number of para-hydroxylation sites is 1. The van der Waals surface area contributed by atoms with Crippen molar-refractivity contribution < 1.29 is 14.4 Å². The van der Waals surface area contributed by atoms with Crippen molar-refractivity contribution in [1.82, 2.24) is 10.7 Å². The fourth-order valence-corrected chi connectivity index (χ4v) is 3.09. The Labute approximate surface area is 171 Å². The van der Waals surface area contributed by atoms with Gasteiger partial charge in [-0.1, -0.05) is 30.3 Å². The van der Waals surface area contributed by atoms with Crippen LogP contribution < -0.4 is 20.4 Å². The lowest BCUT2D eigenvalue weighted by Gasteiger charge is -2.23. The van der Waals surface area contributed by atoms with Crippen LogP contribution in [-0.2, 0) is 4.74 Å². The first-order chi connectivity index (χ1) is 13.8. The lowest BCUT2D eigenvalue weighted by Crippen LogP contribution is -3.14. The minimum absolute atomic E-state index is 0.532. The molecule has 0 unspecified atom stereocenters. The summed E-state index contributed by atoms with van der Waals surface area (Å²) in [4.78, 5) is 1.60. The zero-order valence-corrected chi connectivity index (χ0v) is 16.7. The Balaban J connectivity index is 1.36. The summed E-state index contributed by atoms with van der Waals surface area (Å²) in [5.74, 6) is 1.57. The third kappa shape index (κ3) is 7.26. The third-order valence-electron chi connectivity index (χ3n) is 4.41. The van der Waals surface area contributed by atoms with Crippen LogP contribution in [0.4, 0.5) is 0 Å². The molecule has 0 saturated carbocycles. The Hall–Kier alpha value is -2.48. The lowest BCUT2D eigenvalue weighted by molar-refractivity contribution is -0.908. The van der Waals surface area contributed by atoms with Crippen LogP contribution in [0.1, 0.15) is 12.0 Å². The number of nitrogens with zero attached hydrogens (tertiary/aromatic N) is 1. The third-order valence-corrected chi connectivity index (χ3v) is 4.64. The van der Waals surface area contributed by atoms with Gasteiger partial charge in [0.25, 0.3) is 0 Å². The summed E-state index contributed by atoms with van der Waals surface area (Å²) in [5, 5.41) is 7.92. The molecule has 0 bridgehead atoms. The number of thiocarbonyl (C=S) groups is 1. The Morgan fingerprint density at radius 3 is 2.71 bits per heavy atom. The van der Waals surface area contributed by atoms with Crippen LogP contribution in [0.15, 0.2) is 59.7 Å². The van der Waals surface area contributed by atoms with Gasteiger partial charge in [0.2, 0.25) is 0 Å². The topological polar surface area (TPSA) is 59.3 Å². The van der Waals surface area contributed by atoms with Crippen molar-refractivity contribution in [2.75, 3.05) is 39.4 Å². The Kier molecular flexibility index (Phi) is 8.24. The molecule has 0 amide bonds. The molecule has 0 aliphatic carbocycles. The molecule has 3 N–H and O–H groups in total. The molecule has 1 aliphatic rings. The highest BCUT2D eigenvalue weighted by Crippen LogP contribution is 2.21. The number of nitrogens with one attached hydrogen (secondary N) is 3. The molecule has 1 heterocycles. The summed E-state index contributed by atoms with van der Waals surface area (Å²) < 4.78 is 11.2. The van der Waals surface area contributed by atoms with Gasteiger partial charge in [-0.25, -0.2) is 0 Å². The van der Waals surface area contributed by atoms with Gasteiger partial charge in [0.1, 0.15) is 24.6 Å². The number of hydrazone groups is 1. The number of ether oxygens (including phenoxy) is 2. The van der Waals surface area contributed by atoms with Gasteiger partial charge in [-0.3, -0.25) is 5.43 Å². The maximum absolute atomic E-state index is 5.83. The first-order valence-electron chi connectivity index (χ1n) is 9.61. The molecule has 7 heteroatoms. The molecule has 1 aliphatic heterocycles. The largest absolute Gasteiger partial charge is 0.457 e. The maximum Gasteiger partial charge on any atom is 0.186 e. The van der Waals surface area contributed by atoms with E-state index in [1.54, 1.807) is 11.1 Å². The summed E-state index contributed by atoms with van der Waals surface area (Å²) in [6.07, 6.45) is 2.80. The van der Waals surface area contributed by atoms with Crippen LogP contribution in [0, 0.1) is 0 Å². The van der Waals surface area contributed by atoms with Crippen molar-refractivity contribution in [3.05, 3.63) is 60.2 Å². The number of hydrogen-bond acceptors (Lipinski definition) is 4. The average molecular weight is 400 g/mol. The molecule has 0 atom stereocenters. The fraction of sp³-hybridized carbons (Fsp3) is 0.333. The van der Waals surface area contributed by atoms with E-state index in [1.165, 1.54) is 0 Å². The van der Waals surface area contributed by atoms with E-state index in [9.17, 15) is 0 Å². The van der Waals surface area contributed by atoms with E-state index < -0.39 is 0 Å². The van der Waals surface area contributed by atoms with Crippen LogP contribution in [0.25, 0.3) is 0 Å². The van der Waals surface area contributed by atoms with Gasteiger partial charge in [-0.15, -0.1) is 0 Å². The van der Waals surface area contributed by atoms with Gasteiger partial charge >= 0.3 is 0 Å². The monoisotopic (exact) mass is 399 g/mol. The summed E-state index contributed by atoms with van der Waals surface area (Å²) in [6.45, 7) is 5.91. The molecule has 148 valence electrons. The van der Waals surface area contributed by atoms with Crippen molar-refractivity contribution in [3.63, 3.8) is 0 Å². The van der Waals surface area contributed by atoms with Crippen LogP contribution in [-0.4, -0.2) is 50.7 Å². The van der Waals surface area contributed by atoms with E-state index in [2.05, 4.69) is 15.8 Å². The summed E-state index contributed by atoms with van der Waals surface area (Å²) in [7, 11) is 0. The van der Waals surface area contributed by atoms with Crippen molar-refractivity contribution in [3.8, 4) is 11.5 Å². The maximum atomic E-state index is 5.83. The highest BCUT2D eigenvalue weighted by molar-refractivity contribution is 7.80. The smallest absolute Gasteiger partial charge is 0.186 e. The van der Waals surface area contributed by atoms with Crippen LogP contribution in [0.2, 0.25) is 0 Å². The van der Waals surface area contributed by atoms with E-state index in [4.69, 9.17) is 21.7 Å². The number of quaternary nitrogens is 1. The van der Waals surface area contributed by atoms with Crippen LogP contribution >= 0.6 is 12.2 Å². The van der Waals surface area contributed by atoms with Crippen LogP contribution in [0.3, 0.4) is 0 Å². The minimum Gasteiger partial charge on any atom is -0.457 e. The first-order valence-corrected chi connectivity index (χ1v) is 10.0. The number of rotatable bonds is 8. The Morgan fingerprint density at radius 2 is 1.89 bits per heavy atom. The second-order valence-corrected chi connectivity index (χ2v) is 6.99. The predicted molar refractivity (Wildman–Crippen MR) is 115 cm³/mol. The highest BCUT2D eigenvalue weighted by Gasteiger charge is 2.12. The second-order valence-electron chi connectivity index (χ2n) is 6.58. The van der Waals surface area contributed by atoms with Gasteiger partial charge in [0.05, 0.1) is 26.0 Å². The van der Waals surface area contributed by atoms with Crippen LogP contribution in [0.5, 0.6) is 11.5 Å². The summed E-state index contributed by atoms with van der Waals surface area (Å²) in [5.41, 5.74) is 3.79. The standard InChI is InChI=1S/C21H26N4O2S/c28-21(22-10-5-11-25-12-14-26-15-13-25)24-23-17-18-6-4-9-20(16-18)27-19-7-2-1-3-8-19/h1-4,6-9,16-17H,5,10-15H2,(H2,22,24,28)/p+1/b23-17-. The molecule has 3 rings (SSSR count). The van der Waals surface area contributed by atoms with E-state index >= 15 is 0 Å². The van der Waals surface area contributed by atoms with Crippen molar-refractivity contribution in [2.45, 2.75) is 6.42 Å². The molecule has 1 saturated heterocycles. The molecular weight excluding hydrogens is 372 g/mol. The first kappa shape index (κ1) is 20.3. The average Bonchev–Trinajstić information content (AvgIpc) is 2.73. The summed E-state index contributed by atoms with van der Waals surface area (Å²) in [6, 6.07) is 17.4. The highest BCUT2D eigenvalue weighted by atomic mass is 32.1. The number of morpholine rings is 1. The van der Waals surface area contributed by atoms with Crippen molar-refractivity contribution in [2.24, 2.45) is 5.10 Å². The van der Waals surface area contributed by atoms with E-state index in [-0.39, 0.29) is 0 Å². The molecule has 0 aromatic heterocycles. The zero-order chi connectivity index (χ0) is 19.4. The van der Waals surface area contributed by atoms with Gasteiger partial charge in [0.15, 0.2) is 5.11 Å². The molecule has 28 heavy (non-hydrogen) atoms. The number of benzene rings is 2. The molecule has 1 fully saturated rings. The van der Waals surface area contributed by atoms with E-state index in [1.807, 2.05) is 54.6 Å². The Bertz CT molecular complexity index is 764. The SMILES string of the molecule is S=C(NCCC[NH+]1CCOCC1)N/N=C\c1cccc(Oc2ccccc2)c1. The normalized spacial score (nSPS) is 14.7. The van der Waals surface area contributed by atoms with Crippen molar-refractivity contribution in [1.29, 1.82) is 0 Å².